The van der Waals surface area contributed by atoms with Gasteiger partial charge in [0.25, 0.3) is 0 Å². The topological polar surface area (TPSA) is 57.7 Å². The van der Waals surface area contributed by atoms with E-state index in [9.17, 15) is 12.6 Å². The summed E-state index contributed by atoms with van der Waals surface area (Å²) in [6, 6.07) is 10.7. The van der Waals surface area contributed by atoms with Crippen LogP contribution in [0.5, 0.6) is 0 Å². The highest BCUT2D eigenvalue weighted by molar-refractivity contribution is 7.89. The zero-order chi connectivity index (χ0) is 24.8. The molecule has 2 heterocycles. The number of nitrogens with zero attached hydrogens (tertiary/aromatic N) is 2. The Labute approximate surface area is 205 Å². The summed E-state index contributed by atoms with van der Waals surface area (Å²) in [7, 11) is -0.320. The van der Waals surface area contributed by atoms with Crippen molar-refractivity contribution in [1.82, 2.24) is 9.21 Å². The van der Waals surface area contributed by atoms with Gasteiger partial charge < -0.3 is 4.90 Å². The summed E-state index contributed by atoms with van der Waals surface area (Å²) in [5.41, 5.74) is 1.28. The predicted octanol–water partition coefficient (Wildman–Crippen LogP) is 4.55. The standard InChI is InChI=1S/C24H40N2O3S2.C2H6/c1-24(2,3)30(27)18-21(15-19-9-7-6-8-10-19)20-16-22-11-12-23(17-20)26(22)31(28,29)14-13-25(4)5;1-2/h6-10,20-23H,11-18H2,1-5H3;1-2H3/t20?,21-,22-,23+,30-;/m1./s1. The molecular formula is C26H46N2O3S2. The minimum atomic E-state index is -3.24. The Bertz CT molecular complexity index is 836. The van der Waals surface area contributed by atoms with Crippen LogP contribution in [0.3, 0.4) is 0 Å². The molecule has 2 bridgehead atoms. The van der Waals surface area contributed by atoms with Crippen molar-refractivity contribution in [2.75, 3.05) is 32.1 Å². The normalized spacial score (nSPS) is 25.4. The molecule has 7 heteroatoms. The first-order valence-electron chi connectivity index (χ1n) is 12.6. The summed E-state index contributed by atoms with van der Waals surface area (Å²) in [6.07, 6.45) is 4.64. The number of benzene rings is 1. The summed E-state index contributed by atoms with van der Waals surface area (Å²) in [6.45, 7) is 10.7. The van der Waals surface area contributed by atoms with Crippen LogP contribution >= 0.6 is 0 Å². The van der Waals surface area contributed by atoms with Crippen LogP contribution in [0.25, 0.3) is 0 Å². The van der Waals surface area contributed by atoms with Gasteiger partial charge in [0.2, 0.25) is 10.0 Å². The van der Waals surface area contributed by atoms with Crippen LogP contribution < -0.4 is 0 Å². The van der Waals surface area contributed by atoms with E-state index in [4.69, 9.17) is 0 Å². The summed E-state index contributed by atoms with van der Waals surface area (Å²) in [4.78, 5) is 1.93. The quantitative estimate of drug-likeness (QED) is 0.501. The van der Waals surface area contributed by atoms with E-state index in [0.29, 0.717) is 24.1 Å². The summed E-state index contributed by atoms with van der Waals surface area (Å²) < 4.78 is 40.8. The largest absolute Gasteiger partial charge is 0.308 e. The van der Waals surface area contributed by atoms with Crippen molar-refractivity contribution >= 4 is 20.8 Å². The molecule has 0 saturated carbocycles. The van der Waals surface area contributed by atoms with E-state index in [-0.39, 0.29) is 22.6 Å². The van der Waals surface area contributed by atoms with Crippen LogP contribution in [0.15, 0.2) is 30.3 Å². The molecule has 33 heavy (non-hydrogen) atoms. The second kappa shape index (κ2) is 12.3. The Hall–Kier alpha value is -0.760. The molecular weight excluding hydrogens is 452 g/mol. The monoisotopic (exact) mass is 498 g/mol. The van der Waals surface area contributed by atoms with E-state index in [1.165, 1.54) is 5.56 Å². The minimum Gasteiger partial charge on any atom is -0.308 e. The van der Waals surface area contributed by atoms with Crippen LogP contribution in [0, 0.1) is 11.8 Å². The maximum Gasteiger partial charge on any atom is 0.215 e. The predicted molar refractivity (Wildman–Crippen MR) is 141 cm³/mol. The third-order valence-electron chi connectivity index (χ3n) is 6.88. The van der Waals surface area contributed by atoms with Gasteiger partial charge in [-0.25, -0.2) is 8.42 Å². The van der Waals surface area contributed by atoms with Gasteiger partial charge >= 0.3 is 0 Å². The Morgan fingerprint density at radius 3 is 2.09 bits per heavy atom. The molecule has 5 atom stereocenters. The molecule has 2 aliphatic heterocycles. The van der Waals surface area contributed by atoms with Gasteiger partial charge in [-0.15, -0.1) is 0 Å². The SMILES string of the molecule is CC.CN(C)CCS(=O)(=O)N1[C@@H]2CC[C@H]1CC([C@H](Cc1ccccc1)C[S@@](=O)C(C)(C)C)C2. The van der Waals surface area contributed by atoms with Gasteiger partial charge in [0.1, 0.15) is 0 Å². The molecule has 0 spiro atoms. The van der Waals surface area contributed by atoms with E-state index >= 15 is 0 Å². The smallest absolute Gasteiger partial charge is 0.215 e. The molecule has 3 rings (SSSR count). The van der Waals surface area contributed by atoms with E-state index in [0.717, 1.165) is 32.1 Å². The molecule has 190 valence electrons. The first-order chi connectivity index (χ1) is 15.5. The number of piperidine rings is 1. The lowest BCUT2D eigenvalue weighted by Gasteiger charge is -2.41. The van der Waals surface area contributed by atoms with Crippen molar-refractivity contribution in [3.63, 3.8) is 0 Å². The van der Waals surface area contributed by atoms with Crippen molar-refractivity contribution in [3.05, 3.63) is 35.9 Å². The van der Waals surface area contributed by atoms with Gasteiger partial charge in [0.15, 0.2) is 0 Å². The molecule has 0 aromatic heterocycles. The number of hydrogen-bond donors (Lipinski definition) is 0. The number of fused-ring (bicyclic) bond motifs is 2. The summed E-state index contributed by atoms with van der Waals surface area (Å²) >= 11 is 0. The Kier molecular flexibility index (Phi) is 10.6. The molecule has 0 radical (unpaired) electrons. The lowest BCUT2D eigenvalue weighted by Crippen LogP contribution is -2.50. The van der Waals surface area contributed by atoms with Gasteiger partial charge in [-0.1, -0.05) is 44.2 Å². The molecule has 1 unspecified atom stereocenters. The second-order valence-corrected chi connectivity index (χ2v) is 14.9. The molecule has 2 aliphatic rings. The molecule has 0 aliphatic carbocycles. The van der Waals surface area contributed by atoms with Crippen molar-refractivity contribution in [2.24, 2.45) is 11.8 Å². The average Bonchev–Trinajstić information content (AvgIpc) is 3.04. The van der Waals surface area contributed by atoms with Crippen LogP contribution in [-0.2, 0) is 27.2 Å². The zero-order valence-electron chi connectivity index (χ0n) is 21.8. The molecule has 5 nitrogen and oxygen atoms in total. The molecule has 0 N–H and O–H groups in total. The van der Waals surface area contributed by atoms with Crippen molar-refractivity contribution in [2.45, 2.75) is 83.6 Å². The lowest BCUT2D eigenvalue weighted by atomic mass is 9.79. The molecule has 1 aromatic rings. The first-order valence-corrected chi connectivity index (χ1v) is 15.5. The van der Waals surface area contributed by atoms with E-state index in [1.54, 1.807) is 0 Å². The van der Waals surface area contributed by atoms with Crippen molar-refractivity contribution in [3.8, 4) is 0 Å². The molecule has 2 saturated heterocycles. The van der Waals surface area contributed by atoms with Crippen LogP contribution in [0.1, 0.15) is 65.9 Å². The Morgan fingerprint density at radius 1 is 1.06 bits per heavy atom. The maximum atomic E-state index is 13.1. The second-order valence-electron chi connectivity index (χ2n) is 10.6. The van der Waals surface area contributed by atoms with E-state index in [1.807, 2.05) is 64.0 Å². The fourth-order valence-corrected chi connectivity index (χ4v) is 8.52. The highest BCUT2D eigenvalue weighted by Gasteiger charge is 2.48. The average molecular weight is 499 g/mol. The number of rotatable bonds is 9. The fraction of sp³-hybridized carbons (Fsp3) is 0.769. The van der Waals surface area contributed by atoms with Crippen molar-refractivity contribution in [1.29, 1.82) is 0 Å². The van der Waals surface area contributed by atoms with E-state index < -0.39 is 20.8 Å². The lowest BCUT2D eigenvalue weighted by molar-refractivity contribution is 0.152. The van der Waals surface area contributed by atoms with Gasteiger partial charge in [-0.3, -0.25) is 4.21 Å². The van der Waals surface area contributed by atoms with E-state index in [2.05, 4.69) is 24.3 Å². The molecule has 0 amide bonds. The van der Waals surface area contributed by atoms with Gasteiger partial charge in [-0.05, 0) is 84.4 Å². The molecule has 2 fully saturated rings. The first kappa shape index (κ1) is 28.5. The van der Waals surface area contributed by atoms with Gasteiger partial charge in [-0.2, -0.15) is 4.31 Å². The Morgan fingerprint density at radius 2 is 1.61 bits per heavy atom. The van der Waals surface area contributed by atoms with Crippen LogP contribution in [-0.4, -0.2) is 70.8 Å². The van der Waals surface area contributed by atoms with Gasteiger partial charge in [0, 0.05) is 39.9 Å². The number of sulfonamides is 1. The summed E-state index contributed by atoms with van der Waals surface area (Å²) in [5.74, 6) is 1.62. The fourth-order valence-electron chi connectivity index (χ4n) is 5.14. The number of hydrogen-bond acceptors (Lipinski definition) is 4. The minimum absolute atomic E-state index is 0.109. The zero-order valence-corrected chi connectivity index (χ0v) is 23.4. The third kappa shape index (κ3) is 7.87. The van der Waals surface area contributed by atoms with Crippen LogP contribution in [0.4, 0.5) is 0 Å². The third-order valence-corrected chi connectivity index (χ3v) is 10.9. The highest BCUT2D eigenvalue weighted by Crippen LogP contribution is 2.44. The van der Waals surface area contributed by atoms with Crippen molar-refractivity contribution < 1.29 is 12.6 Å². The maximum absolute atomic E-state index is 13.1. The Balaban J connectivity index is 0.00000187. The van der Waals surface area contributed by atoms with Gasteiger partial charge in [0.05, 0.1) is 5.75 Å². The molecule has 1 aromatic carbocycles. The summed E-state index contributed by atoms with van der Waals surface area (Å²) in [5, 5.41) is 0. The highest BCUT2D eigenvalue weighted by atomic mass is 32.2. The van der Waals surface area contributed by atoms with Crippen LogP contribution in [0.2, 0.25) is 0 Å².